The molecule has 0 heterocycles. The monoisotopic (exact) mass is 206 g/mol. The first kappa shape index (κ1) is 11.9. The van der Waals surface area contributed by atoms with Gasteiger partial charge in [-0.25, -0.2) is 0 Å². The number of nitrogens with two attached hydrogens (primary N) is 1. The summed E-state index contributed by atoms with van der Waals surface area (Å²) in [6.07, 6.45) is 1.21. The summed E-state index contributed by atoms with van der Waals surface area (Å²) in [5.41, 5.74) is 8.01. The lowest BCUT2D eigenvalue weighted by Gasteiger charge is -2.25. The lowest BCUT2D eigenvalue weighted by Crippen LogP contribution is -2.25. The van der Waals surface area contributed by atoms with Gasteiger partial charge in [-0.05, 0) is 31.4 Å². The van der Waals surface area contributed by atoms with Gasteiger partial charge in [-0.1, -0.05) is 26.0 Å². The van der Waals surface area contributed by atoms with Crippen molar-refractivity contribution in [1.29, 1.82) is 0 Å². The van der Waals surface area contributed by atoms with E-state index in [4.69, 9.17) is 5.73 Å². The van der Waals surface area contributed by atoms with Crippen LogP contribution in [0.4, 0.5) is 11.4 Å². The Labute approximate surface area is 93.1 Å². The third-order valence-corrected chi connectivity index (χ3v) is 2.64. The first-order valence-electron chi connectivity index (χ1n) is 5.74. The molecule has 1 aromatic carbocycles. The second-order valence-corrected chi connectivity index (χ2v) is 4.32. The van der Waals surface area contributed by atoms with Gasteiger partial charge in [0.05, 0.1) is 11.4 Å². The number of nitrogen functional groups attached to an aromatic ring is 1. The molecule has 2 nitrogen and oxygen atoms in total. The van der Waals surface area contributed by atoms with Gasteiger partial charge < -0.3 is 10.6 Å². The second-order valence-electron chi connectivity index (χ2n) is 4.32. The summed E-state index contributed by atoms with van der Waals surface area (Å²) in [7, 11) is 0. The zero-order chi connectivity index (χ0) is 11.3. The lowest BCUT2D eigenvalue weighted by molar-refractivity contribution is 0.576. The Kier molecular flexibility index (Phi) is 4.47. The first-order chi connectivity index (χ1) is 7.15. The standard InChI is InChI=1S/C13H22N2/c1-4-15(10-9-11(2)3)13-8-6-5-7-12(13)14/h5-8,11H,4,9-10,14H2,1-3H3. The minimum atomic E-state index is 0.740. The fourth-order valence-electron chi connectivity index (χ4n) is 1.64. The number of nitrogens with zero attached hydrogens (tertiary/aromatic N) is 1. The molecular weight excluding hydrogens is 184 g/mol. The molecule has 0 atom stereocenters. The van der Waals surface area contributed by atoms with Crippen LogP contribution in [0.15, 0.2) is 24.3 Å². The molecule has 0 fully saturated rings. The van der Waals surface area contributed by atoms with Crippen LogP contribution in [-0.4, -0.2) is 13.1 Å². The molecule has 15 heavy (non-hydrogen) atoms. The average Bonchev–Trinajstić information content (AvgIpc) is 2.21. The molecule has 0 unspecified atom stereocenters. The van der Waals surface area contributed by atoms with E-state index in [0.29, 0.717) is 0 Å². The van der Waals surface area contributed by atoms with Crippen molar-refractivity contribution in [3.8, 4) is 0 Å². The highest BCUT2D eigenvalue weighted by atomic mass is 15.1. The van der Waals surface area contributed by atoms with E-state index in [1.54, 1.807) is 0 Å². The summed E-state index contributed by atoms with van der Waals surface area (Å²) in [4.78, 5) is 2.34. The van der Waals surface area contributed by atoms with E-state index >= 15 is 0 Å². The Hall–Kier alpha value is -1.18. The summed E-state index contributed by atoms with van der Waals surface area (Å²) in [5, 5.41) is 0. The Morgan fingerprint density at radius 3 is 2.47 bits per heavy atom. The predicted octanol–water partition coefficient (Wildman–Crippen LogP) is 3.14. The topological polar surface area (TPSA) is 29.3 Å². The summed E-state index contributed by atoms with van der Waals surface area (Å²) in [6, 6.07) is 8.09. The summed E-state index contributed by atoms with van der Waals surface area (Å²) in [5.74, 6) is 0.740. The van der Waals surface area contributed by atoms with Crippen LogP contribution in [0, 0.1) is 5.92 Å². The van der Waals surface area contributed by atoms with Crippen molar-refractivity contribution in [3.05, 3.63) is 24.3 Å². The number of hydrogen-bond acceptors (Lipinski definition) is 2. The zero-order valence-electron chi connectivity index (χ0n) is 10.0. The van der Waals surface area contributed by atoms with E-state index in [0.717, 1.165) is 24.7 Å². The van der Waals surface area contributed by atoms with Crippen molar-refractivity contribution in [3.63, 3.8) is 0 Å². The Morgan fingerprint density at radius 1 is 1.27 bits per heavy atom. The van der Waals surface area contributed by atoms with E-state index in [2.05, 4.69) is 31.7 Å². The minimum absolute atomic E-state index is 0.740. The van der Waals surface area contributed by atoms with Gasteiger partial charge in [-0.3, -0.25) is 0 Å². The maximum atomic E-state index is 5.96. The normalized spacial score (nSPS) is 10.7. The van der Waals surface area contributed by atoms with Gasteiger partial charge in [0, 0.05) is 13.1 Å². The summed E-state index contributed by atoms with van der Waals surface area (Å²) < 4.78 is 0. The summed E-state index contributed by atoms with van der Waals surface area (Å²) in [6.45, 7) is 8.78. The fraction of sp³-hybridized carbons (Fsp3) is 0.538. The molecule has 0 saturated heterocycles. The highest BCUT2D eigenvalue weighted by Crippen LogP contribution is 2.22. The van der Waals surface area contributed by atoms with E-state index < -0.39 is 0 Å². The zero-order valence-corrected chi connectivity index (χ0v) is 10.0. The highest BCUT2D eigenvalue weighted by molar-refractivity contribution is 5.67. The molecule has 0 amide bonds. The molecule has 0 aliphatic carbocycles. The maximum Gasteiger partial charge on any atom is 0.0599 e. The van der Waals surface area contributed by atoms with E-state index in [-0.39, 0.29) is 0 Å². The number of anilines is 2. The van der Waals surface area contributed by atoms with Gasteiger partial charge in [0.1, 0.15) is 0 Å². The van der Waals surface area contributed by atoms with Gasteiger partial charge in [0.25, 0.3) is 0 Å². The van der Waals surface area contributed by atoms with Crippen LogP contribution in [0.2, 0.25) is 0 Å². The largest absolute Gasteiger partial charge is 0.397 e. The van der Waals surface area contributed by atoms with Crippen molar-refractivity contribution < 1.29 is 0 Å². The molecule has 2 N–H and O–H groups in total. The molecule has 0 aliphatic heterocycles. The van der Waals surface area contributed by atoms with Gasteiger partial charge in [0.2, 0.25) is 0 Å². The molecule has 0 spiro atoms. The van der Waals surface area contributed by atoms with E-state index in [1.165, 1.54) is 12.1 Å². The third-order valence-electron chi connectivity index (χ3n) is 2.64. The molecule has 1 aromatic rings. The molecular formula is C13H22N2. The van der Waals surface area contributed by atoms with Crippen LogP contribution in [0.5, 0.6) is 0 Å². The molecule has 0 bridgehead atoms. The van der Waals surface area contributed by atoms with Crippen LogP contribution in [0.3, 0.4) is 0 Å². The Bertz CT molecular complexity index is 294. The highest BCUT2D eigenvalue weighted by Gasteiger charge is 2.07. The Morgan fingerprint density at radius 2 is 1.93 bits per heavy atom. The van der Waals surface area contributed by atoms with Crippen LogP contribution >= 0.6 is 0 Å². The predicted molar refractivity (Wildman–Crippen MR) is 68.2 cm³/mol. The van der Waals surface area contributed by atoms with Crippen molar-refractivity contribution in [2.75, 3.05) is 23.7 Å². The number of benzene rings is 1. The summed E-state index contributed by atoms with van der Waals surface area (Å²) >= 11 is 0. The van der Waals surface area contributed by atoms with Crippen LogP contribution in [-0.2, 0) is 0 Å². The van der Waals surface area contributed by atoms with Gasteiger partial charge >= 0.3 is 0 Å². The number of rotatable bonds is 5. The minimum Gasteiger partial charge on any atom is -0.397 e. The molecule has 0 saturated carbocycles. The molecule has 0 aliphatic rings. The van der Waals surface area contributed by atoms with Crippen molar-refractivity contribution in [1.82, 2.24) is 0 Å². The maximum absolute atomic E-state index is 5.96. The SMILES string of the molecule is CCN(CCC(C)C)c1ccccc1N. The van der Waals surface area contributed by atoms with Gasteiger partial charge in [0.15, 0.2) is 0 Å². The van der Waals surface area contributed by atoms with Crippen LogP contribution < -0.4 is 10.6 Å². The first-order valence-corrected chi connectivity index (χ1v) is 5.74. The Balaban J connectivity index is 2.70. The number of para-hydroxylation sites is 2. The van der Waals surface area contributed by atoms with Crippen LogP contribution in [0.25, 0.3) is 0 Å². The van der Waals surface area contributed by atoms with Gasteiger partial charge in [-0.15, -0.1) is 0 Å². The van der Waals surface area contributed by atoms with Crippen molar-refractivity contribution >= 4 is 11.4 Å². The molecule has 1 rings (SSSR count). The van der Waals surface area contributed by atoms with E-state index in [9.17, 15) is 0 Å². The lowest BCUT2D eigenvalue weighted by atomic mass is 10.1. The van der Waals surface area contributed by atoms with Gasteiger partial charge in [-0.2, -0.15) is 0 Å². The second kappa shape index (κ2) is 5.64. The quantitative estimate of drug-likeness (QED) is 0.750. The van der Waals surface area contributed by atoms with E-state index in [1.807, 2.05) is 18.2 Å². The number of hydrogen-bond donors (Lipinski definition) is 1. The third kappa shape index (κ3) is 3.46. The van der Waals surface area contributed by atoms with Crippen molar-refractivity contribution in [2.45, 2.75) is 27.2 Å². The molecule has 0 aromatic heterocycles. The molecule has 2 heteroatoms. The fourth-order valence-corrected chi connectivity index (χ4v) is 1.64. The molecule has 84 valence electrons. The van der Waals surface area contributed by atoms with Crippen LogP contribution in [0.1, 0.15) is 27.2 Å². The van der Waals surface area contributed by atoms with Crippen molar-refractivity contribution in [2.24, 2.45) is 5.92 Å². The smallest absolute Gasteiger partial charge is 0.0599 e. The molecule has 0 radical (unpaired) electrons. The average molecular weight is 206 g/mol.